The SMILES string of the molecule is COC(C)(C)CC(C)(Nc1cccc(Br)c1)C(N)=O. The molecule has 0 saturated carbocycles. The van der Waals surface area contributed by atoms with E-state index in [4.69, 9.17) is 10.5 Å². The third-order valence-corrected chi connectivity index (χ3v) is 3.61. The molecule has 1 aromatic rings. The van der Waals surface area contributed by atoms with Crippen molar-refractivity contribution in [1.82, 2.24) is 0 Å². The molecule has 0 bridgehead atoms. The number of halogens is 1. The van der Waals surface area contributed by atoms with Crippen LogP contribution >= 0.6 is 15.9 Å². The number of carbonyl (C=O) groups is 1. The standard InChI is InChI=1S/C14H21BrN2O2/c1-13(2,19-4)9-14(3,12(16)18)17-11-7-5-6-10(15)8-11/h5-8,17H,9H2,1-4H3,(H2,16,18). The smallest absolute Gasteiger partial charge is 0.242 e. The number of carbonyl (C=O) groups excluding carboxylic acids is 1. The van der Waals surface area contributed by atoms with Crippen LogP contribution in [-0.4, -0.2) is 24.2 Å². The van der Waals surface area contributed by atoms with Gasteiger partial charge in [-0.25, -0.2) is 0 Å². The zero-order valence-electron chi connectivity index (χ0n) is 11.8. The first-order valence-corrected chi connectivity index (χ1v) is 6.87. The fraction of sp³-hybridized carbons (Fsp3) is 0.500. The van der Waals surface area contributed by atoms with Crippen LogP contribution in [0.4, 0.5) is 5.69 Å². The van der Waals surface area contributed by atoms with E-state index in [0.29, 0.717) is 6.42 Å². The summed E-state index contributed by atoms with van der Waals surface area (Å²) >= 11 is 3.40. The van der Waals surface area contributed by atoms with Gasteiger partial charge in [-0.05, 0) is 39.0 Å². The molecule has 5 heteroatoms. The summed E-state index contributed by atoms with van der Waals surface area (Å²) in [6.07, 6.45) is 0.471. The van der Waals surface area contributed by atoms with Gasteiger partial charge in [-0.2, -0.15) is 0 Å². The Morgan fingerprint density at radius 1 is 1.42 bits per heavy atom. The van der Waals surface area contributed by atoms with Gasteiger partial charge in [0.05, 0.1) is 5.60 Å². The molecule has 0 fully saturated rings. The van der Waals surface area contributed by atoms with Gasteiger partial charge in [0, 0.05) is 23.7 Å². The van der Waals surface area contributed by atoms with Gasteiger partial charge in [0.25, 0.3) is 0 Å². The molecule has 19 heavy (non-hydrogen) atoms. The number of hydrogen-bond acceptors (Lipinski definition) is 3. The van der Waals surface area contributed by atoms with Crippen molar-refractivity contribution in [2.24, 2.45) is 5.73 Å². The minimum atomic E-state index is -0.875. The number of primary amides is 1. The molecule has 0 spiro atoms. The van der Waals surface area contributed by atoms with E-state index >= 15 is 0 Å². The number of methoxy groups -OCH3 is 1. The lowest BCUT2D eigenvalue weighted by Gasteiger charge is -2.35. The van der Waals surface area contributed by atoms with Crippen LogP contribution in [0.1, 0.15) is 27.2 Å². The van der Waals surface area contributed by atoms with E-state index in [0.717, 1.165) is 10.2 Å². The molecule has 106 valence electrons. The van der Waals surface area contributed by atoms with Crippen LogP contribution in [-0.2, 0) is 9.53 Å². The zero-order chi connectivity index (χ0) is 14.7. The van der Waals surface area contributed by atoms with Crippen molar-refractivity contribution in [2.75, 3.05) is 12.4 Å². The average molecular weight is 329 g/mol. The monoisotopic (exact) mass is 328 g/mol. The molecule has 0 aliphatic carbocycles. The van der Waals surface area contributed by atoms with Gasteiger partial charge >= 0.3 is 0 Å². The molecule has 0 aliphatic heterocycles. The van der Waals surface area contributed by atoms with E-state index in [9.17, 15) is 4.79 Å². The predicted molar refractivity (Wildman–Crippen MR) is 81.1 cm³/mol. The minimum Gasteiger partial charge on any atom is -0.379 e. The Balaban J connectivity index is 2.97. The molecule has 1 amide bonds. The Labute approximate surface area is 122 Å². The molecule has 0 aliphatic rings. The molecule has 0 heterocycles. The minimum absolute atomic E-state index is 0.405. The highest BCUT2D eigenvalue weighted by Gasteiger charge is 2.37. The average Bonchev–Trinajstić information content (AvgIpc) is 2.28. The topological polar surface area (TPSA) is 64.3 Å². The highest BCUT2D eigenvalue weighted by Crippen LogP contribution is 2.27. The van der Waals surface area contributed by atoms with Crippen molar-refractivity contribution >= 4 is 27.5 Å². The number of ether oxygens (including phenoxy) is 1. The van der Waals surface area contributed by atoms with E-state index in [1.165, 1.54) is 0 Å². The van der Waals surface area contributed by atoms with E-state index in [1.807, 2.05) is 38.1 Å². The highest BCUT2D eigenvalue weighted by molar-refractivity contribution is 9.10. The summed E-state index contributed by atoms with van der Waals surface area (Å²) in [7, 11) is 1.63. The van der Waals surface area contributed by atoms with E-state index in [-0.39, 0.29) is 0 Å². The van der Waals surface area contributed by atoms with Crippen LogP contribution < -0.4 is 11.1 Å². The molecule has 1 atom stereocenters. The third-order valence-electron chi connectivity index (χ3n) is 3.12. The lowest BCUT2D eigenvalue weighted by molar-refractivity contribution is -0.124. The maximum absolute atomic E-state index is 11.8. The summed E-state index contributed by atoms with van der Waals surface area (Å²) in [6.45, 7) is 5.64. The molecule has 1 aromatic carbocycles. The molecular formula is C14H21BrN2O2. The highest BCUT2D eigenvalue weighted by atomic mass is 79.9. The Kier molecular flexibility index (Phi) is 4.98. The first-order chi connectivity index (χ1) is 8.68. The van der Waals surface area contributed by atoms with Gasteiger partial charge in [-0.3, -0.25) is 4.79 Å². The van der Waals surface area contributed by atoms with E-state index in [2.05, 4.69) is 21.2 Å². The number of rotatable bonds is 6. The summed E-state index contributed by atoms with van der Waals surface area (Å²) in [4.78, 5) is 11.8. The molecule has 1 unspecified atom stereocenters. The molecule has 0 radical (unpaired) electrons. The van der Waals surface area contributed by atoms with Crippen molar-refractivity contribution in [3.8, 4) is 0 Å². The normalized spacial score (nSPS) is 14.8. The van der Waals surface area contributed by atoms with Gasteiger partial charge in [0.15, 0.2) is 0 Å². The summed E-state index contributed by atoms with van der Waals surface area (Å²) in [5, 5.41) is 3.20. The summed E-state index contributed by atoms with van der Waals surface area (Å²) in [6, 6.07) is 7.62. The number of amides is 1. The van der Waals surface area contributed by atoms with Gasteiger partial charge in [-0.1, -0.05) is 22.0 Å². The van der Waals surface area contributed by atoms with Crippen LogP contribution in [0.3, 0.4) is 0 Å². The predicted octanol–water partition coefficient (Wildman–Crippen LogP) is 2.92. The summed E-state index contributed by atoms with van der Waals surface area (Å²) < 4.78 is 6.33. The van der Waals surface area contributed by atoms with Crippen molar-refractivity contribution in [1.29, 1.82) is 0 Å². The first kappa shape index (κ1) is 16.0. The van der Waals surface area contributed by atoms with Crippen molar-refractivity contribution in [2.45, 2.75) is 38.3 Å². The van der Waals surface area contributed by atoms with Crippen molar-refractivity contribution < 1.29 is 9.53 Å². The second kappa shape index (κ2) is 5.92. The van der Waals surface area contributed by atoms with Crippen LogP contribution in [0.5, 0.6) is 0 Å². The number of hydrogen-bond donors (Lipinski definition) is 2. The van der Waals surface area contributed by atoms with Gasteiger partial charge in [0.1, 0.15) is 5.54 Å². The Morgan fingerprint density at radius 3 is 2.53 bits per heavy atom. The molecule has 0 aromatic heterocycles. The molecule has 3 N–H and O–H groups in total. The van der Waals surface area contributed by atoms with Crippen molar-refractivity contribution in [3.63, 3.8) is 0 Å². The number of anilines is 1. The quantitative estimate of drug-likeness (QED) is 0.843. The van der Waals surface area contributed by atoms with Crippen LogP contribution in [0.2, 0.25) is 0 Å². The maximum atomic E-state index is 11.8. The van der Waals surface area contributed by atoms with Crippen LogP contribution in [0.15, 0.2) is 28.7 Å². The zero-order valence-corrected chi connectivity index (χ0v) is 13.4. The van der Waals surface area contributed by atoms with Crippen LogP contribution in [0, 0.1) is 0 Å². The fourth-order valence-corrected chi connectivity index (χ4v) is 2.40. The Hall–Kier alpha value is -1.07. The largest absolute Gasteiger partial charge is 0.379 e. The van der Waals surface area contributed by atoms with Crippen molar-refractivity contribution in [3.05, 3.63) is 28.7 Å². The molecule has 0 saturated heterocycles. The Bertz CT molecular complexity index is 463. The first-order valence-electron chi connectivity index (χ1n) is 6.07. The van der Waals surface area contributed by atoms with Crippen LogP contribution in [0.25, 0.3) is 0 Å². The molecular weight excluding hydrogens is 308 g/mol. The number of benzene rings is 1. The van der Waals surface area contributed by atoms with Gasteiger partial charge in [0.2, 0.25) is 5.91 Å². The second-order valence-corrected chi connectivity index (χ2v) is 6.39. The Morgan fingerprint density at radius 2 is 2.05 bits per heavy atom. The number of nitrogens with one attached hydrogen (secondary N) is 1. The van der Waals surface area contributed by atoms with Gasteiger partial charge in [-0.15, -0.1) is 0 Å². The number of nitrogens with two attached hydrogens (primary N) is 1. The lowest BCUT2D eigenvalue weighted by atomic mass is 9.86. The second-order valence-electron chi connectivity index (χ2n) is 5.47. The molecule has 4 nitrogen and oxygen atoms in total. The molecule has 1 rings (SSSR count). The van der Waals surface area contributed by atoms with E-state index < -0.39 is 17.0 Å². The maximum Gasteiger partial charge on any atom is 0.242 e. The lowest BCUT2D eigenvalue weighted by Crippen LogP contribution is -2.52. The summed E-state index contributed by atoms with van der Waals surface area (Å²) in [5.74, 6) is -0.405. The summed E-state index contributed by atoms with van der Waals surface area (Å²) in [5.41, 5.74) is 5.07. The third kappa shape index (κ3) is 4.51. The van der Waals surface area contributed by atoms with E-state index in [1.54, 1.807) is 14.0 Å². The fourth-order valence-electron chi connectivity index (χ4n) is 2.00. The van der Waals surface area contributed by atoms with Gasteiger partial charge < -0.3 is 15.8 Å².